The van der Waals surface area contributed by atoms with E-state index in [9.17, 15) is 13.2 Å². The monoisotopic (exact) mass is 249 g/mol. The lowest BCUT2D eigenvalue weighted by molar-refractivity contribution is -0.179. The molecule has 0 heterocycles. The zero-order valence-electron chi connectivity index (χ0n) is 9.38. The predicted molar refractivity (Wildman–Crippen MR) is 60.7 cm³/mol. The van der Waals surface area contributed by atoms with Crippen molar-refractivity contribution in [3.8, 4) is 0 Å². The molecule has 0 aliphatic heterocycles. The van der Waals surface area contributed by atoms with Crippen LogP contribution < -0.4 is 0 Å². The molecule has 1 aromatic carbocycles. The number of benzene rings is 1. The number of alkyl halides is 3. The van der Waals surface area contributed by atoms with Crippen molar-refractivity contribution in [1.29, 1.82) is 0 Å². The molecule has 0 bridgehead atoms. The van der Waals surface area contributed by atoms with Gasteiger partial charge in [-0.2, -0.15) is 13.2 Å². The largest absolute Gasteiger partial charge is 0.408 e. The molecule has 0 spiro atoms. The summed E-state index contributed by atoms with van der Waals surface area (Å²) in [4.78, 5) is 2.14. The maximum absolute atomic E-state index is 12.8. The molecule has 1 rings (SSSR count). The molecule has 1 unspecified atom stereocenters. The van der Waals surface area contributed by atoms with Gasteiger partial charge in [-0.15, -0.1) is 11.8 Å². The molecule has 0 amide bonds. The van der Waals surface area contributed by atoms with Crippen molar-refractivity contribution < 1.29 is 13.2 Å². The zero-order valence-corrected chi connectivity index (χ0v) is 10.2. The first-order chi connectivity index (χ1) is 7.36. The van der Waals surface area contributed by atoms with Crippen LogP contribution in [-0.2, 0) is 0 Å². The molecule has 0 N–H and O–H groups in total. The summed E-state index contributed by atoms with van der Waals surface area (Å²) >= 11 is 1.51. The van der Waals surface area contributed by atoms with Crippen molar-refractivity contribution in [3.05, 3.63) is 29.8 Å². The van der Waals surface area contributed by atoms with E-state index in [1.54, 1.807) is 12.1 Å². The SMILES string of the molecule is CSc1ccc(C(N(C)C)C(F)(F)F)cc1. The Bertz CT molecular complexity index is 332. The standard InChI is InChI=1S/C11H14F3NS/c1-15(2)10(11(12,13)14)8-4-6-9(16-3)7-5-8/h4-7,10H,1-3H3. The van der Waals surface area contributed by atoms with Gasteiger partial charge >= 0.3 is 6.18 Å². The molecule has 0 aliphatic carbocycles. The number of nitrogens with zero attached hydrogens (tertiary/aromatic N) is 1. The molecule has 0 fully saturated rings. The van der Waals surface area contributed by atoms with E-state index >= 15 is 0 Å². The average Bonchev–Trinajstić information content (AvgIpc) is 2.16. The fourth-order valence-corrected chi connectivity index (χ4v) is 1.97. The van der Waals surface area contributed by atoms with E-state index in [4.69, 9.17) is 0 Å². The van der Waals surface area contributed by atoms with Crippen molar-refractivity contribution in [2.24, 2.45) is 0 Å². The molecule has 0 aliphatic rings. The van der Waals surface area contributed by atoms with Crippen LogP contribution in [0, 0.1) is 0 Å². The van der Waals surface area contributed by atoms with Crippen molar-refractivity contribution in [2.75, 3.05) is 20.4 Å². The van der Waals surface area contributed by atoms with Crippen LogP contribution in [-0.4, -0.2) is 31.4 Å². The lowest BCUT2D eigenvalue weighted by Crippen LogP contribution is -2.33. The van der Waals surface area contributed by atoms with Crippen LogP contribution in [0.4, 0.5) is 13.2 Å². The third-order valence-corrected chi connectivity index (χ3v) is 3.00. The van der Waals surface area contributed by atoms with Gasteiger partial charge in [0.2, 0.25) is 0 Å². The Kier molecular flexibility index (Phi) is 4.27. The topological polar surface area (TPSA) is 3.24 Å². The second-order valence-electron chi connectivity index (χ2n) is 3.68. The summed E-state index contributed by atoms with van der Waals surface area (Å²) in [6.07, 6.45) is -2.35. The van der Waals surface area contributed by atoms with Gasteiger partial charge in [0.1, 0.15) is 6.04 Å². The number of hydrogen-bond donors (Lipinski definition) is 0. The first-order valence-corrected chi connectivity index (χ1v) is 5.96. The Morgan fingerprint density at radius 3 is 1.94 bits per heavy atom. The summed E-state index contributed by atoms with van der Waals surface area (Å²) < 4.78 is 38.4. The lowest BCUT2D eigenvalue weighted by Gasteiger charge is -2.27. The van der Waals surface area contributed by atoms with E-state index < -0.39 is 12.2 Å². The Balaban J connectivity index is 3.03. The molecular weight excluding hydrogens is 235 g/mol. The summed E-state index contributed by atoms with van der Waals surface area (Å²) in [6.45, 7) is 0. The Labute approximate surface area is 97.6 Å². The van der Waals surface area contributed by atoms with E-state index in [0.29, 0.717) is 0 Å². The number of hydrogen-bond acceptors (Lipinski definition) is 2. The van der Waals surface area contributed by atoms with Gasteiger partial charge in [-0.1, -0.05) is 12.1 Å². The van der Waals surface area contributed by atoms with Crippen molar-refractivity contribution in [3.63, 3.8) is 0 Å². The fourth-order valence-electron chi connectivity index (χ4n) is 1.57. The average molecular weight is 249 g/mol. The Morgan fingerprint density at radius 1 is 1.12 bits per heavy atom. The Morgan fingerprint density at radius 2 is 1.62 bits per heavy atom. The van der Waals surface area contributed by atoms with Gasteiger partial charge in [0, 0.05) is 4.90 Å². The second kappa shape index (κ2) is 5.10. The zero-order chi connectivity index (χ0) is 12.3. The second-order valence-corrected chi connectivity index (χ2v) is 4.56. The smallest absolute Gasteiger partial charge is 0.295 e. The molecule has 1 aromatic rings. The highest BCUT2D eigenvalue weighted by Gasteiger charge is 2.42. The minimum absolute atomic E-state index is 0.273. The molecule has 0 aromatic heterocycles. The minimum atomic E-state index is -4.25. The normalized spacial score (nSPS) is 14.2. The molecule has 1 nitrogen and oxygen atoms in total. The summed E-state index contributed by atoms with van der Waals surface area (Å²) in [5.74, 6) is 0. The Hall–Kier alpha value is -0.680. The van der Waals surface area contributed by atoms with Crippen LogP contribution in [0.5, 0.6) is 0 Å². The molecule has 0 saturated heterocycles. The van der Waals surface area contributed by atoms with Crippen molar-refractivity contribution in [2.45, 2.75) is 17.1 Å². The van der Waals surface area contributed by atoms with Crippen LogP contribution in [0.1, 0.15) is 11.6 Å². The maximum Gasteiger partial charge on any atom is 0.408 e. The van der Waals surface area contributed by atoms with E-state index in [2.05, 4.69) is 0 Å². The molecule has 90 valence electrons. The number of rotatable bonds is 3. The highest BCUT2D eigenvalue weighted by Crippen LogP contribution is 2.36. The van der Waals surface area contributed by atoms with Crippen LogP contribution in [0.2, 0.25) is 0 Å². The van der Waals surface area contributed by atoms with Gasteiger partial charge in [-0.3, -0.25) is 4.90 Å². The lowest BCUT2D eigenvalue weighted by atomic mass is 10.1. The maximum atomic E-state index is 12.8. The van der Waals surface area contributed by atoms with Gasteiger partial charge < -0.3 is 0 Å². The summed E-state index contributed by atoms with van der Waals surface area (Å²) in [5, 5.41) is 0. The van der Waals surface area contributed by atoms with Crippen LogP contribution >= 0.6 is 11.8 Å². The molecule has 1 atom stereocenters. The number of thioether (sulfide) groups is 1. The molecule has 0 saturated carbocycles. The van der Waals surface area contributed by atoms with Gasteiger partial charge in [-0.05, 0) is 38.0 Å². The first-order valence-electron chi connectivity index (χ1n) is 4.73. The van der Waals surface area contributed by atoms with Crippen molar-refractivity contribution in [1.82, 2.24) is 4.90 Å². The third-order valence-electron chi connectivity index (χ3n) is 2.26. The minimum Gasteiger partial charge on any atom is -0.295 e. The molecule has 0 radical (unpaired) electrons. The van der Waals surface area contributed by atoms with Gasteiger partial charge in [-0.25, -0.2) is 0 Å². The summed E-state index contributed by atoms with van der Waals surface area (Å²) in [6, 6.07) is 4.95. The highest BCUT2D eigenvalue weighted by molar-refractivity contribution is 7.98. The van der Waals surface area contributed by atoms with Crippen molar-refractivity contribution >= 4 is 11.8 Å². The van der Waals surface area contributed by atoms with Gasteiger partial charge in [0.25, 0.3) is 0 Å². The highest BCUT2D eigenvalue weighted by atomic mass is 32.2. The van der Waals surface area contributed by atoms with Crippen LogP contribution in [0.25, 0.3) is 0 Å². The first kappa shape index (κ1) is 13.4. The molecule has 16 heavy (non-hydrogen) atoms. The van der Waals surface area contributed by atoms with E-state index in [0.717, 1.165) is 4.90 Å². The molecule has 5 heteroatoms. The quantitative estimate of drug-likeness (QED) is 0.753. The third kappa shape index (κ3) is 3.15. The van der Waals surface area contributed by atoms with E-state index in [1.807, 2.05) is 6.26 Å². The predicted octanol–water partition coefficient (Wildman–Crippen LogP) is 3.57. The summed E-state index contributed by atoms with van der Waals surface area (Å²) in [7, 11) is 2.86. The number of halogens is 3. The van der Waals surface area contributed by atoms with E-state index in [1.165, 1.54) is 42.9 Å². The van der Waals surface area contributed by atoms with E-state index in [-0.39, 0.29) is 5.56 Å². The summed E-state index contributed by atoms with van der Waals surface area (Å²) in [5.41, 5.74) is 0.273. The van der Waals surface area contributed by atoms with Crippen LogP contribution in [0.15, 0.2) is 29.2 Å². The van der Waals surface area contributed by atoms with Gasteiger partial charge in [0.15, 0.2) is 0 Å². The molecular formula is C11H14F3NS. The van der Waals surface area contributed by atoms with Gasteiger partial charge in [0.05, 0.1) is 0 Å². The van der Waals surface area contributed by atoms with Crippen LogP contribution in [0.3, 0.4) is 0 Å². The fraction of sp³-hybridized carbons (Fsp3) is 0.455.